The summed E-state index contributed by atoms with van der Waals surface area (Å²) in [4.78, 5) is 11.7. The van der Waals surface area contributed by atoms with Crippen molar-refractivity contribution in [1.29, 1.82) is 0 Å². The van der Waals surface area contributed by atoms with Crippen LogP contribution < -0.4 is 10.6 Å². The molecule has 0 spiro atoms. The molecule has 1 rings (SSSR count). The van der Waals surface area contributed by atoms with Crippen molar-refractivity contribution in [1.82, 2.24) is 10.6 Å². The number of aliphatic hydroxyl groups excluding tert-OH is 1. The van der Waals surface area contributed by atoms with Crippen LogP contribution in [0.2, 0.25) is 0 Å². The Labute approximate surface area is 104 Å². The second-order valence-corrected chi connectivity index (χ2v) is 5.68. The van der Waals surface area contributed by atoms with Gasteiger partial charge in [-0.05, 0) is 31.1 Å². The van der Waals surface area contributed by atoms with Crippen molar-refractivity contribution in [2.24, 2.45) is 5.41 Å². The summed E-state index contributed by atoms with van der Waals surface area (Å²) in [5.41, 5.74) is 0.209. The number of carbonyl (C=O) groups is 1. The van der Waals surface area contributed by atoms with Gasteiger partial charge in [-0.2, -0.15) is 0 Å². The quantitative estimate of drug-likeness (QED) is 0.690. The van der Waals surface area contributed by atoms with E-state index in [2.05, 4.69) is 24.5 Å². The topological polar surface area (TPSA) is 61.4 Å². The van der Waals surface area contributed by atoms with Crippen LogP contribution in [0.5, 0.6) is 0 Å². The van der Waals surface area contributed by atoms with Crippen LogP contribution in [0.15, 0.2) is 0 Å². The van der Waals surface area contributed by atoms with Crippen LogP contribution in [-0.4, -0.2) is 29.8 Å². The fourth-order valence-electron chi connectivity index (χ4n) is 2.36. The van der Waals surface area contributed by atoms with E-state index < -0.39 is 0 Å². The predicted octanol–water partition coefficient (Wildman–Crippen LogP) is 2.03. The van der Waals surface area contributed by atoms with E-state index in [0.717, 1.165) is 12.8 Å². The molecule has 0 bridgehead atoms. The van der Waals surface area contributed by atoms with Gasteiger partial charge in [-0.1, -0.05) is 27.2 Å². The van der Waals surface area contributed by atoms with Crippen molar-refractivity contribution in [2.45, 2.75) is 65.0 Å². The molecular formula is C13H26N2O2. The van der Waals surface area contributed by atoms with Gasteiger partial charge in [0, 0.05) is 12.6 Å². The van der Waals surface area contributed by atoms with Gasteiger partial charge in [-0.25, -0.2) is 4.79 Å². The Morgan fingerprint density at radius 1 is 1.53 bits per heavy atom. The molecule has 0 aromatic rings. The minimum absolute atomic E-state index is 0.103. The van der Waals surface area contributed by atoms with Crippen molar-refractivity contribution < 1.29 is 9.90 Å². The zero-order chi connectivity index (χ0) is 12.9. The number of hydrogen-bond donors (Lipinski definition) is 3. The number of hydrogen-bond acceptors (Lipinski definition) is 2. The molecule has 1 aliphatic carbocycles. The lowest BCUT2D eigenvalue weighted by atomic mass is 9.87. The molecule has 17 heavy (non-hydrogen) atoms. The summed E-state index contributed by atoms with van der Waals surface area (Å²) in [5.74, 6) is 0. The first-order valence-electron chi connectivity index (χ1n) is 6.68. The van der Waals surface area contributed by atoms with E-state index in [-0.39, 0.29) is 23.6 Å². The van der Waals surface area contributed by atoms with Gasteiger partial charge in [0.15, 0.2) is 0 Å². The highest BCUT2D eigenvalue weighted by molar-refractivity contribution is 5.74. The van der Waals surface area contributed by atoms with E-state index in [4.69, 9.17) is 0 Å². The maximum Gasteiger partial charge on any atom is 0.315 e. The van der Waals surface area contributed by atoms with Crippen molar-refractivity contribution >= 4 is 6.03 Å². The summed E-state index contributed by atoms with van der Waals surface area (Å²) in [7, 11) is 0. The van der Waals surface area contributed by atoms with E-state index in [1.165, 1.54) is 12.8 Å². The molecule has 0 saturated heterocycles. The molecule has 1 fully saturated rings. The molecule has 0 aromatic heterocycles. The van der Waals surface area contributed by atoms with Crippen LogP contribution in [0, 0.1) is 5.41 Å². The van der Waals surface area contributed by atoms with Crippen LogP contribution in [-0.2, 0) is 0 Å². The highest BCUT2D eigenvalue weighted by Crippen LogP contribution is 2.36. The maximum atomic E-state index is 11.7. The Morgan fingerprint density at radius 3 is 2.76 bits per heavy atom. The SMILES string of the molecule is CCC(O)CCNC(=O)NC1CCCC1(C)C. The fourth-order valence-corrected chi connectivity index (χ4v) is 2.36. The largest absolute Gasteiger partial charge is 0.393 e. The average molecular weight is 242 g/mol. The van der Waals surface area contributed by atoms with Gasteiger partial charge in [-0.15, -0.1) is 0 Å². The van der Waals surface area contributed by atoms with Gasteiger partial charge in [0.05, 0.1) is 6.10 Å². The van der Waals surface area contributed by atoms with Crippen molar-refractivity contribution in [3.63, 3.8) is 0 Å². The minimum Gasteiger partial charge on any atom is -0.393 e. The van der Waals surface area contributed by atoms with Crippen LogP contribution >= 0.6 is 0 Å². The molecule has 1 saturated carbocycles. The third-order valence-corrected chi connectivity index (χ3v) is 3.80. The molecular weight excluding hydrogens is 216 g/mol. The number of amides is 2. The second kappa shape index (κ2) is 6.24. The van der Waals surface area contributed by atoms with Gasteiger partial charge in [0.1, 0.15) is 0 Å². The molecule has 3 N–H and O–H groups in total. The first-order valence-corrected chi connectivity index (χ1v) is 6.68. The highest BCUT2D eigenvalue weighted by Gasteiger charge is 2.35. The smallest absolute Gasteiger partial charge is 0.315 e. The Kier molecular flexibility index (Phi) is 5.25. The molecule has 1 aliphatic rings. The minimum atomic E-state index is -0.307. The summed E-state index contributed by atoms with van der Waals surface area (Å²) < 4.78 is 0. The summed E-state index contributed by atoms with van der Waals surface area (Å²) in [6, 6.07) is 0.173. The second-order valence-electron chi connectivity index (χ2n) is 5.68. The highest BCUT2D eigenvalue weighted by atomic mass is 16.3. The molecule has 2 unspecified atom stereocenters. The Hall–Kier alpha value is -0.770. The molecule has 0 aromatic carbocycles. The van der Waals surface area contributed by atoms with Crippen LogP contribution in [0.3, 0.4) is 0 Å². The fraction of sp³-hybridized carbons (Fsp3) is 0.923. The lowest BCUT2D eigenvalue weighted by molar-refractivity contribution is 0.159. The first-order chi connectivity index (χ1) is 7.95. The van der Waals surface area contributed by atoms with Crippen LogP contribution in [0.4, 0.5) is 4.79 Å². The lowest BCUT2D eigenvalue weighted by Crippen LogP contribution is -2.46. The molecule has 2 amide bonds. The number of rotatable bonds is 5. The summed E-state index contributed by atoms with van der Waals surface area (Å²) in [6.45, 7) is 6.87. The lowest BCUT2D eigenvalue weighted by Gasteiger charge is -2.27. The van der Waals surface area contributed by atoms with Crippen LogP contribution in [0.25, 0.3) is 0 Å². The molecule has 100 valence electrons. The zero-order valence-corrected chi connectivity index (χ0v) is 11.3. The summed E-state index contributed by atoms with van der Waals surface area (Å²) in [5, 5.41) is 15.2. The Bertz CT molecular complexity index is 254. The number of aliphatic hydroxyl groups is 1. The van der Waals surface area contributed by atoms with Crippen LogP contribution in [0.1, 0.15) is 52.9 Å². The maximum absolute atomic E-state index is 11.7. The van der Waals surface area contributed by atoms with Gasteiger partial charge in [0.2, 0.25) is 0 Å². The molecule has 4 heteroatoms. The van der Waals surface area contributed by atoms with E-state index in [1.54, 1.807) is 0 Å². The van der Waals surface area contributed by atoms with Crippen molar-refractivity contribution in [3.05, 3.63) is 0 Å². The van der Waals surface area contributed by atoms with E-state index in [1.807, 2.05) is 6.92 Å². The van der Waals surface area contributed by atoms with Gasteiger partial charge in [0.25, 0.3) is 0 Å². The van der Waals surface area contributed by atoms with Gasteiger partial charge in [-0.3, -0.25) is 0 Å². The molecule has 2 atom stereocenters. The Morgan fingerprint density at radius 2 is 2.24 bits per heavy atom. The van der Waals surface area contributed by atoms with Crippen molar-refractivity contribution in [3.8, 4) is 0 Å². The number of nitrogens with one attached hydrogen (secondary N) is 2. The monoisotopic (exact) mass is 242 g/mol. The standard InChI is InChI=1S/C13H26N2O2/c1-4-10(16)7-9-14-12(17)15-11-6-5-8-13(11,2)3/h10-11,16H,4-9H2,1-3H3,(H2,14,15,17). The molecule has 0 aliphatic heterocycles. The number of carbonyl (C=O) groups excluding carboxylic acids is 1. The zero-order valence-electron chi connectivity index (χ0n) is 11.3. The van der Waals surface area contributed by atoms with Gasteiger partial charge >= 0.3 is 6.03 Å². The average Bonchev–Trinajstić information content (AvgIpc) is 2.58. The summed E-state index contributed by atoms with van der Waals surface area (Å²) >= 11 is 0. The van der Waals surface area contributed by atoms with Crippen molar-refractivity contribution in [2.75, 3.05) is 6.54 Å². The van der Waals surface area contributed by atoms with Gasteiger partial charge < -0.3 is 15.7 Å². The van der Waals surface area contributed by atoms with E-state index in [9.17, 15) is 9.90 Å². The van der Waals surface area contributed by atoms with E-state index >= 15 is 0 Å². The third kappa shape index (κ3) is 4.54. The Balaban J connectivity index is 2.21. The number of urea groups is 1. The molecule has 4 nitrogen and oxygen atoms in total. The molecule has 0 radical (unpaired) electrons. The normalized spacial score (nSPS) is 24.4. The predicted molar refractivity (Wildman–Crippen MR) is 68.9 cm³/mol. The molecule has 0 heterocycles. The van der Waals surface area contributed by atoms with E-state index in [0.29, 0.717) is 13.0 Å². The summed E-state index contributed by atoms with van der Waals surface area (Å²) in [6.07, 6.45) is 4.48. The first kappa shape index (κ1) is 14.3. The third-order valence-electron chi connectivity index (χ3n) is 3.80.